The second-order valence-electron chi connectivity index (χ2n) is 8.07. The minimum Gasteiger partial charge on any atom is -0.350 e. The van der Waals surface area contributed by atoms with E-state index >= 15 is 0 Å². The Hall–Kier alpha value is -2.38. The summed E-state index contributed by atoms with van der Waals surface area (Å²) in [7, 11) is 0.695. The molecule has 0 fully saturated rings. The molecule has 1 aliphatic rings. The zero-order valence-corrected chi connectivity index (χ0v) is 19.0. The largest absolute Gasteiger partial charge is 0.350 e. The molecule has 0 spiro atoms. The molecule has 1 N–H and O–H groups in total. The van der Waals surface area contributed by atoms with Gasteiger partial charge in [0.1, 0.15) is 0 Å². The van der Waals surface area contributed by atoms with Crippen LogP contribution in [0.15, 0.2) is 42.5 Å². The van der Waals surface area contributed by atoms with Gasteiger partial charge in [0.05, 0.1) is 18.0 Å². The Labute approximate surface area is 179 Å². The third-order valence-electron chi connectivity index (χ3n) is 5.67. The summed E-state index contributed by atoms with van der Waals surface area (Å²) in [6.45, 7) is 3.11. The molecule has 0 saturated carbocycles. The standard InChI is InChI=1S/C23H31N3O3S/c1-5-17-8-10-18(11-9-17)22(25(2)3)16-24-23(27)20-12-13-21-19(15-20)7-6-14-26(21)30(4,28)29/h8-13,15,22H,5-7,14,16H2,1-4H3,(H,24,27)/t22-/m1/s1. The smallest absolute Gasteiger partial charge is 0.251 e. The Kier molecular flexibility index (Phi) is 6.83. The highest BCUT2D eigenvalue weighted by atomic mass is 32.2. The highest BCUT2D eigenvalue weighted by Gasteiger charge is 2.25. The van der Waals surface area contributed by atoms with Crippen LogP contribution in [0.3, 0.4) is 0 Å². The van der Waals surface area contributed by atoms with E-state index in [-0.39, 0.29) is 11.9 Å². The van der Waals surface area contributed by atoms with E-state index in [4.69, 9.17) is 0 Å². The first-order valence-electron chi connectivity index (χ1n) is 10.3. The van der Waals surface area contributed by atoms with E-state index in [0.717, 1.165) is 30.4 Å². The Balaban J connectivity index is 1.73. The van der Waals surface area contributed by atoms with Crippen molar-refractivity contribution in [3.05, 3.63) is 64.7 Å². The molecule has 2 aromatic carbocycles. The predicted molar refractivity (Wildman–Crippen MR) is 122 cm³/mol. The van der Waals surface area contributed by atoms with Crippen molar-refractivity contribution in [2.24, 2.45) is 0 Å². The van der Waals surface area contributed by atoms with Gasteiger partial charge in [-0.1, -0.05) is 31.2 Å². The number of benzene rings is 2. The Morgan fingerprint density at radius 3 is 2.47 bits per heavy atom. The van der Waals surface area contributed by atoms with Crippen molar-refractivity contribution in [2.45, 2.75) is 32.2 Å². The van der Waals surface area contributed by atoms with Crippen molar-refractivity contribution in [1.82, 2.24) is 10.2 Å². The van der Waals surface area contributed by atoms with E-state index in [9.17, 15) is 13.2 Å². The molecule has 1 atom stereocenters. The number of anilines is 1. The monoisotopic (exact) mass is 429 g/mol. The van der Waals surface area contributed by atoms with Crippen molar-refractivity contribution in [3.63, 3.8) is 0 Å². The average Bonchev–Trinajstić information content (AvgIpc) is 2.72. The number of hydrogen-bond donors (Lipinski definition) is 1. The molecule has 0 saturated heterocycles. The zero-order valence-electron chi connectivity index (χ0n) is 18.2. The summed E-state index contributed by atoms with van der Waals surface area (Å²) < 4.78 is 25.5. The second kappa shape index (κ2) is 9.18. The van der Waals surface area contributed by atoms with Crippen LogP contribution >= 0.6 is 0 Å². The number of fused-ring (bicyclic) bond motifs is 1. The molecule has 6 nitrogen and oxygen atoms in total. The summed E-state index contributed by atoms with van der Waals surface area (Å²) in [5.74, 6) is -0.147. The predicted octanol–water partition coefficient (Wildman–Crippen LogP) is 2.99. The van der Waals surface area contributed by atoms with Gasteiger partial charge in [-0.15, -0.1) is 0 Å². The number of likely N-dealkylation sites (N-methyl/N-ethyl adjacent to an activating group) is 1. The fourth-order valence-corrected chi connectivity index (χ4v) is 4.91. The molecule has 0 bridgehead atoms. The maximum atomic E-state index is 12.8. The van der Waals surface area contributed by atoms with Crippen LogP contribution in [0.2, 0.25) is 0 Å². The van der Waals surface area contributed by atoms with Gasteiger partial charge in [0.25, 0.3) is 5.91 Å². The Morgan fingerprint density at radius 2 is 1.87 bits per heavy atom. The summed E-state index contributed by atoms with van der Waals surface area (Å²) >= 11 is 0. The van der Waals surface area contributed by atoms with Gasteiger partial charge in [-0.05, 0) is 68.2 Å². The number of carbonyl (C=O) groups is 1. The first-order chi connectivity index (χ1) is 14.2. The van der Waals surface area contributed by atoms with E-state index < -0.39 is 10.0 Å². The number of hydrogen-bond acceptors (Lipinski definition) is 4. The molecule has 1 heterocycles. The molecule has 1 amide bonds. The van der Waals surface area contributed by atoms with Crippen LogP contribution in [0, 0.1) is 0 Å². The quantitative estimate of drug-likeness (QED) is 0.735. The maximum Gasteiger partial charge on any atom is 0.251 e. The molecule has 0 aliphatic carbocycles. The van der Waals surface area contributed by atoms with E-state index in [1.54, 1.807) is 12.1 Å². The van der Waals surface area contributed by atoms with E-state index in [2.05, 4.69) is 41.4 Å². The zero-order chi connectivity index (χ0) is 21.9. The molecule has 7 heteroatoms. The maximum absolute atomic E-state index is 12.8. The van der Waals surface area contributed by atoms with Gasteiger partial charge >= 0.3 is 0 Å². The fraction of sp³-hybridized carbons (Fsp3) is 0.435. The third-order valence-corrected chi connectivity index (χ3v) is 6.85. The lowest BCUT2D eigenvalue weighted by atomic mass is 10.00. The lowest BCUT2D eigenvalue weighted by Crippen LogP contribution is -2.36. The molecule has 162 valence electrons. The summed E-state index contributed by atoms with van der Waals surface area (Å²) in [5.41, 5.74) is 4.59. The fourth-order valence-electron chi connectivity index (χ4n) is 3.91. The van der Waals surface area contributed by atoms with Crippen molar-refractivity contribution < 1.29 is 13.2 Å². The van der Waals surface area contributed by atoms with Crippen LogP contribution in [0.25, 0.3) is 0 Å². The number of carbonyl (C=O) groups excluding carboxylic acids is 1. The van der Waals surface area contributed by atoms with Crippen LogP contribution in [0.4, 0.5) is 5.69 Å². The molecule has 2 aromatic rings. The minimum atomic E-state index is -3.31. The molecule has 30 heavy (non-hydrogen) atoms. The second-order valence-corrected chi connectivity index (χ2v) is 9.97. The van der Waals surface area contributed by atoms with Gasteiger partial charge < -0.3 is 10.2 Å². The van der Waals surface area contributed by atoms with Gasteiger partial charge in [-0.3, -0.25) is 9.10 Å². The number of rotatable bonds is 7. The van der Waals surface area contributed by atoms with Gasteiger partial charge in [-0.25, -0.2) is 8.42 Å². The van der Waals surface area contributed by atoms with Crippen LogP contribution in [-0.2, 0) is 22.9 Å². The third kappa shape index (κ3) is 5.02. The van der Waals surface area contributed by atoms with E-state index in [1.807, 2.05) is 20.2 Å². The number of amides is 1. The van der Waals surface area contributed by atoms with E-state index in [0.29, 0.717) is 24.3 Å². The first kappa shape index (κ1) is 22.3. The number of aryl methyl sites for hydroxylation is 2. The van der Waals surface area contributed by atoms with Gasteiger partial charge in [0.15, 0.2) is 0 Å². The highest BCUT2D eigenvalue weighted by molar-refractivity contribution is 7.92. The normalized spacial score (nSPS) is 15.0. The average molecular weight is 430 g/mol. The Bertz CT molecular complexity index is 1000. The lowest BCUT2D eigenvalue weighted by molar-refractivity contribution is 0.0942. The summed E-state index contributed by atoms with van der Waals surface area (Å²) in [4.78, 5) is 14.9. The topological polar surface area (TPSA) is 69.7 Å². The minimum absolute atomic E-state index is 0.0678. The van der Waals surface area contributed by atoms with Crippen molar-refractivity contribution in [1.29, 1.82) is 0 Å². The molecular formula is C23H31N3O3S. The summed E-state index contributed by atoms with van der Waals surface area (Å²) in [6, 6.07) is 13.8. The van der Waals surface area contributed by atoms with E-state index in [1.165, 1.54) is 16.1 Å². The number of sulfonamides is 1. The van der Waals surface area contributed by atoms with Gasteiger partial charge in [0.2, 0.25) is 10.0 Å². The van der Waals surface area contributed by atoms with Crippen LogP contribution in [-0.4, -0.2) is 52.7 Å². The highest BCUT2D eigenvalue weighted by Crippen LogP contribution is 2.30. The molecular weight excluding hydrogens is 398 g/mol. The first-order valence-corrected chi connectivity index (χ1v) is 12.2. The summed E-state index contributed by atoms with van der Waals surface area (Å²) in [6.07, 6.45) is 3.74. The molecule has 3 rings (SSSR count). The SMILES string of the molecule is CCc1ccc([C@@H](CNC(=O)c2ccc3c(c2)CCCN3S(C)(=O)=O)N(C)C)cc1. The van der Waals surface area contributed by atoms with Gasteiger partial charge in [-0.2, -0.15) is 0 Å². The molecule has 0 unspecified atom stereocenters. The van der Waals surface area contributed by atoms with Crippen LogP contribution < -0.4 is 9.62 Å². The summed E-state index contributed by atoms with van der Waals surface area (Å²) in [5, 5.41) is 3.04. The molecule has 1 aliphatic heterocycles. The number of nitrogens with one attached hydrogen (secondary N) is 1. The van der Waals surface area contributed by atoms with Crippen molar-refractivity contribution >= 4 is 21.6 Å². The van der Waals surface area contributed by atoms with Crippen LogP contribution in [0.1, 0.15) is 46.4 Å². The van der Waals surface area contributed by atoms with Crippen LogP contribution in [0.5, 0.6) is 0 Å². The molecule has 0 aromatic heterocycles. The van der Waals surface area contributed by atoms with Crippen molar-refractivity contribution in [3.8, 4) is 0 Å². The lowest BCUT2D eigenvalue weighted by Gasteiger charge is -2.29. The number of nitrogens with zero attached hydrogens (tertiary/aromatic N) is 2. The molecule has 0 radical (unpaired) electrons. The van der Waals surface area contributed by atoms with Crippen molar-refractivity contribution in [2.75, 3.05) is 37.7 Å². The van der Waals surface area contributed by atoms with Gasteiger partial charge in [0, 0.05) is 18.7 Å². The Morgan fingerprint density at radius 1 is 1.17 bits per heavy atom.